The number of rotatable bonds is 5. The first-order valence-electron chi connectivity index (χ1n) is 7.26. The number of nitrogens with zero attached hydrogens (tertiary/aromatic N) is 1. The van der Waals surface area contributed by atoms with Crippen molar-refractivity contribution in [3.05, 3.63) is 29.3 Å². The van der Waals surface area contributed by atoms with Crippen LogP contribution >= 0.6 is 0 Å². The highest BCUT2D eigenvalue weighted by Crippen LogP contribution is 2.17. The molecule has 1 aromatic rings. The van der Waals surface area contributed by atoms with E-state index in [0.717, 1.165) is 18.8 Å². The van der Waals surface area contributed by atoms with Crippen LogP contribution in [0.5, 0.6) is 5.75 Å². The Labute approximate surface area is 121 Å². The van der Waals surface area contributed by atoms with Crippen LogP contribution < -0.4 is 4.74 Å². The number of hydrogen-bond donors (Lipinski definition) is 1. The Morgan fingerprint density at radius 1 is 1.30 bits per heavy atom. The molecule has 1 aliphatic rings. The molecule has 0 aromatic heterocycles. The molecule has 0 saturated carbocycles. The molecule has 20 heavy (non-hydrogen) atoms. The van der Waals surface area contributed by atoms with Crippen molar-refractivity contribution < 1.29 is 14.6 Å². The fourth-order valence-corrected chi connectivity index (χ4v) is 2.59. The Morgan fingerprint density at radius 2 is 2.00 bits per heavy atom. The van der Waals surface area contributed by atoms with Crippen LogP contribution in [-0.4, -0.2) is 55.1 Å². The summed E-state index contributed by atoms with van der Waals surface area (Å²) in [5, 5.41) is 9.18. The predicted octanol–water partition coefficient (Wildman–Crippen LogP) is 1.76. The Morgan fingerprint density at radius 3 is 2.65 bits per heavy atom. The third kappa shape index (κ3) is 4.20. The van der Waals surface area contributed by atoms with Crippen molar-refractivity contribution in [2.45, 2.75) is 32.9 Å². The average molecular weight is 279 g/mol. The lowest BCUT2D eigenvalue weighted by atomic mass is 10.1. The van der Waals surface area contributed by atoms with Crippen LogP contribution in [0.25, 0.3) is 0 Å². The predicted molar refractivity (Wildman–Crippen MR) is 79.3 cm³/mol. The second-order valence-corrected chi connectivity index (χ2v) is 5.65. The van der Waals surface area contributed by atoms with Crippen LogP contribution in [0, 0.1) is 13.8 Å². The lowest BCUT2D eigenvalue weighted by Gasteiger charge is -2.37. The van der Waals surface area contributed by atoms with Gasteiger partial charge in [0.2, 0.25) is 0 Å². The molecule has 0 spiro atoms. The van der Waals surface area contributed by atoms with Crippen molar-refractivity contribution in [3.63, 3.8) is 0 Å². The highest BCUT2D eigenvalue weighted by Gasteiger charge is 2.25. The normalized spacial score (nSPS) is 23.8. The van der Waals surface area contributed by atoms with Gasteiger partial charge < -0.3 is 14.6 Å². The van der Waals surface area contributed by atoms with Gasteiger partial charge >= 0.3 is 0 Å². The Hall–Kier alpha value is -1.10. The first kappa shape index (κ1) is 15.3. The fraction of sp³-hybridized carbons (Fsp3) is 0.625. The molecule has 1 fully saturated rings. The average Bonchev–Trinajstić information content (AvgIpc) is 2.40. The van der Waals surface area contributed by atoms with E-state index >= 15 is 0 Å². The molecule has 4 nitrogen and oxygen atoms in total. The standard InChI is InChI=1S/C16H25NO3/c1-12-6-13(2)8-15(7-12)19-5-4-17-9-16(10-18)20-11-14(17)3/h6-8,14,16,18H,4-5,9-11H2,1-3H3. The Balaban J connectivity index is 1.82. The van der Waals surface area contributed by atoms with Crippen LogP contribution in [0.2, 0.25) is 0 Å². The van der Waals surface area contributed by atoms with E-state index in [4.69, 9.17) is 9.47 Å². The number of aliphatic hydroxyl groups is 1. The van der Waals surface area contributed by atoms with E-state index in [1.165, 1.54) is 11.1 Å². The summed E-state index contributed by atoms with van der Waals surface area (Å²) in [5.74, 6) is 0.933. The molecule has 1 heterocycles. The molecule has 0 aliphatic carbocycles. The van der Waals surface area contributed by atoms with Crippen molar-refractivity contribution in [2.24, 2.45) is 0 Å². The molecule has 4 heteroatoms. The van der Waals surface area contributed by atoms with E-state index < -0.39 is 0 Å². The molecule has 0 bridgehead atoms. The zero-order valence-electron chi connectivity index (χ0n) is 12.6. The van der Waals surface area contributed by atoms with Gasteiger partial charge in [-0.25, -0.2) is 0 Å². The maximum atomic E-state index is 9.18. The van der Waals surface area contributed by atoms with E-state index in [-0.39, 0.29) is 12.7 Å². The van der Waals surface area contributed by atoms with Gasteiger partial charge in [0.05, 0.1) is 19.3 Å². The maximum Gasteiger partial charge on any atom is 0.119 e. The third-order valence-electron chi connectivity index (χ3n) is 3.68. The van der Waals surface area contributed by atoms with Crippen LogP contribution in [-0.2, 0) is 4.74 Å². The van der Waals surface area contributed by atoms with Crippen molar-refractivity contribution in [2.75, 3.05) is 32.9 Å². The van der Waals surface area contributed by atoms with Gasteiger partial charge in [0, 0.05) is 19.1 Å². The minimum atomic E-state index is -0.0626. The summed E-state index contributed by atoms with van der Waals surface area (Å²) in [4.78, 5) is 2.31. The smallest absolute Gasteiger partial charge is 0.119 e. The van der Waals surface area contributed by atoms with Gasteiger partial charge in [-0.05, 0) is 44.0 Å². The number of benzene rings is 1. The quantitative estimate of drug-likeness (QED) is 0.892. The van der Waals surface area contributed by atoms with E-state index in [1.54, 1.807) is 0 Å². The Bertz CT molecular complexity index is 415. The molecule has 2 unspecified atom stereocenters. The van der Waals surface area contributed by atoms with Crippen LogP contribution in [0.1, 0.15) is 18.1 Å². The molecular formula is C16H25NO3. The number of hydrogen-bond acceptors (Lipinski definition) is 4. The molecule has 2 atom stereocenters. The number of morpholine rings is 1. The highest BCUT2D eigenvalue weighted by molar-refractivity contribution is 5.32. The van der Waals surface area contributed by atoms with Gasteiger partial charge in [-0.15, -0.1) is 0 Å². The maximum absolute atomic E-state index is 9.18. The summed E-state index contributed by atoms with van der Waals surface area (Å²) < 4.78 is 11.4. The molecule has 1 aromatic carbocycles. The van der Waals surface area contributed by atoms with Gasteiger partial charge in [-0.3, -0.25) is 4.90 Å². The summed E-state index contributed by atoms with van der Waals surface area (Å²) in [5.41, 5.74) is 2.44. The second-order valence-electron chi connectivity index (χ2n) is 5.65. The van der Waals surface area contributed by atoms with Crippen LogP contribution in [0.15, 0.2) is 18.2 Å². The second kappa shape index (κ2) is 7.07. The largest absolute Gasteiger partial charge is 0.492 e. The first-order chi connectivity index (χ1) is 9.58. The molecule has 0 radical (unpaired) electrons. The summed E-state index contributed by atoms with van der Waals surface area (Å²) in [6.07, 6.45) is -0.0626. The minimum Gasteiger partial charge on any atom is -0.492 e. The zero-order valence-corrected chi connectivity index (χ0v) is 12.6. The molecule has 112 valence electrons. The summed E-state index contributed by atoms with van der Waals surface area (Å²) in [6, 6.07) is 6.64. The lowest BCUT2D eigenvalue weighted by molar-refractivity contribution is -0.0798. The first-order valence-corrected chi connectivity index (χ1v) is 7.26. The van der Waals surface area contributed by atoms with Gasteiger partial charge in [0.25, 0.3) is 0 Å². The van der Waals surface area contributed by atoms with Crippen LogP contribution in [0.4, 0.5) is 0 Å². The molecule has 2 rings (SSSR count). The third-order valence-corrected chi connectivity index (χ3v) is 3.68. The molecule has 1 aliphatic heterocycles. The van der Waals surface area contributed by atoms with E-state index in [0.29, 0.717) is 19.3 Å². The van der Waals surface area contributed by atoms with E-state index in [1.807, 2.05) is 0 Å². The summed E-state index contributed by atoms with van der Waals surface area (Å²) in [7, 11) is 0. The van der Waals surface area contributed by atoms with Crippen LogP contribution in [0.3, 0.4) is 0 Å². The highest BCUT2D eigenvalue weighted by atomic mass is 16.5. The van der Waals surface area contributed by atoms with Crippen molar-refractivity contribution >= 4 is 0 Å². The van der Waals surface area contributed by atoms with E-state index in [9.17, 15) is 5.11 Å². The molecule has 1 saturated heterocycles. The fourth-order valence-electron chi connectivity index (χ4n) is 2.59. The van der Waals surface area contributed by atoms with Gasteiger partial charge in [-0.1, -0.05) is 6.07 Å². The topological polar surface area (TPSA) is 41.9 Å². The minimum absolute atomic E-state index is 0.0626. The zero-order chi connectivity index (χ0) is 14.5. The monoisotopic (exact) mass is 279 g/mol. The van der Waals surface area contributed by atoms with Crippen molar-refractivity contribution in [3.8, 4) is 5.75 Å². The van der Waals surface area contributed by atoms with Gasteiger partial charge in [0.15, 0.2) is 0 Å². The van der Waals surface area contributed by atoms with Crippen molar-refractivity contribution in [1.29, 1.82) is 0 Å². The van der Waals surface area contributed by atoms with E-state index in [2.05, 4.69) is 43.9 Å². The van der Waals surface area contributed by atoms with Gasteiger partial charge in [0.1, 0.15) is 12.4 Å². The molecular weight excluding hydrogens is 254 g/mol. The summed E-state index contributed by atoms with van der Waals surface area (Å²) >= 11 is 0. The van der Waals surface area contributed by atoms with Gasteiger partial charge in [-0.2, -0.15) is 0 Å². The SMILES string of the molecule is Cc1cc(C)cc(OCCN2CC(CO)OCC2C)c1. The Kier molecular flexibility index (Phi) is 5.40. The molecule has 1 N–H and O–H groups in total. The van der Waals surface area contributed by atoms with Crippen molar-refractivity contribution in [1.82, 2.24) is 4.90 Å². The number of aryl methyl sites for hydroxylation is 2. The lowest BCUT2D eigenvalue weighted by Crippen LogP contribution is -2.50. The number of ether oxygens (including phenoxy) is 2. The summed E-state index contributed by atoms with van der Waals surface area (Å²) in [6.45, 7) is 9.35. The molecule has 0 amide bonds. The number of aliphatic hydroxyl groups excluding tert-OH is 1.